The van der Waals surface area contributed by atoms with E-state index in [9.17, 15) is 4.79 Å². The Morgan fingerprint density at radius 3 is 2.95 bits per heavy atom. The van der Waals surface area contributed by atoms with E-state index in [0.717, 1.165) is 36.8 Å². The van der Waals surface area contributed by atoms with Gasteiger partial charge in [0, 0.05) is 31.7 Å². The highest BCUT2D eigenvalue weighted by atomic mass is 16.1. The second kappa shape index (κ2) is 7.41. The Labute approximate surface area is 121 Å². The van der Waals surface area contributed by atoms with Gasteiger partial charge in [-0.25, -0.2) is 0 Å². The smallest absolute Gasteiger partial charge is 0.225 e. The van der Waals surface area contributed by atoms with E-state index in [0.29, 0.717) is 13.0 Å². The molecule has 4 nitrogen and oxygen atoms in total. The Hall–Kier alpha value is -1.39. The van der Waals surface area contributed by atoms with Crippen LogP contribution in [-0.2, 0) is 11.3 Å². The van der Waals surface area contributed by atoms with Gasteiger partial charge in [-0.15, -0.1) is 0 Å². The van der Waals surface area contributed by atoms with Gasteiger partial charge in [-0.3, -0.25) is 4.79 Å². The molecular weight excluding hydrogens is 250 g/mol. The SMILES string of the molecule is CCC1CCN(CCC(=O)Nc2ccccc2CN)C1. The van der Waals surface area contributed by atoms with Crippen LogP contribution in [0.1, 0.15) is 31.7 Å². The molecule has 20 heavy (non-hydrogen) atoms. The number of nitrogens with zero attached hydrogens (tertiary/aromatic N) is 1. The number of hydrogen-bond acceptors (Lipinski definition) is 3. The van der Waals surface area contributed by atoms with E-state index < -0.39 is 0 Å². The summed E-state index contributed by atoms with van der Waals surface area (Å²) in [7, 11) is 0. The number of anilines is 1. The molecule has 1 atom stereocenters. The maximum Gasteiger partial charge on any atom is 0.225 e. The van der Waals surface area contributed by atoms with Crippen molar-refractivity contribution in [1.82, 2.24) is 4.90 Å². The summed E-state index contributed by atoms with van der Waals surface area (Å²) < 4.78 is 0. The highest BCUT2D eigenvalue weighted by molar-refractivity contribution is 5.91. The van der Waals surface area contributed by atoms with E-state index in [1.807, 2.05) is 24.3 Å². The third-order valence-corrected chi connectivity index (χ3v) is 4.11. The van der Waals surface area contributed by atoms with Crippen molar-refractivity contribution in [1.29, 1.82) is 0 Å². The first-order chi connectivity index (χ1) is 9.72. The zero-order valence-corrected chi connectivity index (χ0v) is 12.3. The molecule has 1 unspecified atom stereocenters. The molecule has 1 aromatic carbocycles. The third kappa shape index (κ3) is 4.05. The third-order valence-electron chi connectivity index (χ3n) is 4.11. The zero-order valence-electron chi connectivity index (χ0n) is 12.3. The van der Waals surface area contributed by atoms with Crippen molar-refractivity contribution in [2.24, 2.45) is 11.7 Å². The normalized spacial score (nSPS) is 19.2. The Morgan fingerprint density at radius 2 is 2.25 bits per heavy atom. The number of carbonyl (C=O) groups excluding carboxylic acids is 1. The molecule has 3 N–H and O–H groups in total. The fourth-order valence-electron chi connectivity index (χ4n) is 2.74. The van der Waals surface area contributed by atoms with Gasteiger partial charge in [0.25, 0.3) is 0 Å². The van der Waals surface area contributed by atoms with Crippen LogP contribution in [0.5, 0.6) is 0 Å². The summed E-state index contributed by atoms with van der Waals surface area (Å²) in [6.45, 7) is 5.81. The van der Waals surface area contributed by atoms with Gasteiger partial charge in [0.2, 0.25) is 5.91 Å². The van der Waals surface area contributed by atoms with Gasteiger partial charge in [-0.2, -0.15) is 0 Å². The van der Waals surface area contributed by atoms with Crippen LogP contribution in [0.2, 0.25) is 0 Å². The minimum atomic E-state index is 0.0749. The fourth-order valence-corrected chi connectivity index (χ4v) is 2.74. The maximum absolute atomic E-state index is 12.0. The van der Waals surface area contributed by atoms with Crippen molar-refractivity contribution in [2.45, 2.75) is 32.7 Å². The van der Waals surface area contributed by atoms with Gasteiger partial charge < -0.3 is 16.0 Å². The van der Waals surface area contributed by atoms with Crippen LogP contribution in [0.25, 0.3) is 0 Å². The molecule has 0 bridgehead atoms. The number of nitrogens with one attached hydrogen (secondary N) is 1. The number of nitrogens with two attached hydrogens (primary N) is 1. The lowest BCUT2D eigenvalue weighted by molar-refractivity contribution is -0.116. The van der Waals surface area contributed by atoms with Gasteiger partial charge in [0.05, 0.1) is 0 Å². The molecule has 0 radical (unpaired) electrons. The van der Waals surface area contributed by atoms with Crippen LogP contribution in [-0.4, -0.2) is 30.4 Å². The Bertz CT molecular complexity index is 447. The molecule has 0 saturated carbocycles. The largest absolute Gasteiger partial charge is 0.326 e. The lowest BCUT2D eigenvalue weighted by Crippen LogP contribution is -2.26. The van der Waals surface area contributed by atoms with E-state index >= 15 is 0 Å². The minimum Gasteiger partial charge on any atom is -0.326 e. The second-order valence-corrected chi connectivity index (χ2v) is 5.52. The Balaban J connectivity index is 1.78. The van der Waals surface area contributed by atoms with E-state index in [2.05, 4.69) is 17.1 Å². The molecule has 1 fully saturated rings. The van der Waals surface area contributed by atoms with Crippen molar-refractivity contribution in [3.63, 3.8) is 0 Å². The number of likely N-dealkylation sites (tertiary alicyclic amines) is 1. The van der Waals surface area contributed by atoms with E-state index in [1.165, 1.54) is 12.8 Å². The monoisotopic (exact) mass is 275 g/mol. The molecule has 1 aliphatic rings. The van der Waals surface area contributed by atoms with Gasteiger partial charge in [-0.1, -0.05) is 31.5 Å². The summed E-state index contributed by atoms with van der Waals surface area (Å²) in [6, 6.07) is 7.71. The number of amides is 1. The topological polar surface area (TPSA) is 58.4 Å². The number of hydrogen-bond donors (Lipinski definition) is 2. The average Bonchev–Trinajstić information content (AvgIpc) is 2.94. The quantitative estimate of drug-likeness (QED) is 0.837. The lowest BCUT2D eigenvalue weighted by Gasteiger charge is -2.16. The van der Waals surface area contributed by atoms with Crippen molar-refractivity contribution < 1.29 is 4.79 Å². The second-order valence-electron chi connectivity index (χ2n) is 5.52. The van der Waals surface area contributed by atoms with Crippen LogP contribution in [0.15, 0.2) is 24.3 Å². The van der Waals surface area contributed by atoms with Gasteiger partial charge >= 0.3 is 0 Å². The highest BCUT2D eigenvalue weighted by Gasteiger charge is 2.21. The minimum absolute atomic E-state index is 0.0749. The summed E-state index contributed by atoms with van der Waals surface area (Å²) in [5.74, 6) is 0.891. The molecule has 1 aromatic rings. The maximum atomic E-state index is 12.0. The highest BCUT2D eigenvalue weighted by Crippen LogP contribution is 2.19. The summed E-state index contributed by atoms with van der Waals surface area (Å²) in [6.07, 6.45) is 3.07. The summed E-state index contributed by atoms with van der Waals surface area (Å²) in [4.78, 5) is 14.4. The van der Waals surface area contributed by atoms with Crippen LogP contribution in [0, 0.1) is 5.92 Å². The first-order valence-corrected chi connectivity index (χ1v) is 7.53. The summed E-state index contributed by atoms with van der Waals surface area (Å²) in [5.41, 5.74) is 7.49. The molecule has 2 rings (SSSR count). The van der Waals surface area contributed by atoms with Gasteiger partial charge in [-0.05, 0) is 30.5 Å². The number of benzene rings is 1. The molecule has 110 valence electrons. The van der Waals surface area contributed by atoms with E-state index in [-0.39, 0.29) is 5.91 Å². The number of rotatable bonds is 6. The van der Waals surface area contributed by atoms with Crippen LogP contribution < -0.4 is 11.1 Å². The van der Waals surface area contributed by atoms with Crippen LogP contribution in [0.4, 0.5) is 5.69 Å². The van der Waals surface area contributed by atoms with Crippen molar-refractivity contribution in [2.75, 3.05) is 25.0 Å². The molecule has 1 amide bonds. The standard InChI is InChI=1S/C16H25N3O/c1-2-13-7-9-19(12-13)10-8-16(20)18-15-6-4-3-5-14(15)11-17/h3-6,13H,2,7-12,17H2,1H3,(H,18,20). The number of para-hydroxylation sites is 1. The summed E-state index contributed by atoms with van der Waals surface area (Å²) >= 11 is 0. The van der Waals surface area contributed by atoms with Crippen LogP contribution >= 0.6 is 0 Å². The Morgan fingerprint density at radius 1 is 1.45 bits per heavy atom. The molecule has 0 spiro atoms. The zero-order chi connectivity index (χ0) is 14.4. The molecule has 0 aliphatic carbocycles. The van der Waals surface area contributed by atoms with E-state index in [4.69, 9.17) is 5.73 Å². The van der Waals surface area contributed by atoms with Gasteiger partial charge in [0.1, 0.15) is 0 Å². The van der Waals surface area contributed by atoms with E-state index in [1.54, 1.807) is 0 Å². The molecule has 1 heterocycles. The van der Waals surface area contributed by atoms with Gasteiger partial charge in [0.15, 0.2) is 0 Å². The van der Waals surface area contributed by atoms with Crippen molar-refractivity contribution in [3.8, 4) is 0 Å². The first kappa shape index (κ1) is 15.0. The van der Waals surface area contributed by atoms with Crippen molar-refractivity contribution >= 4 is 11.6 Å². The average molecular weight is 275 g/mol. The Kier molecular flexibility index (Phi) is 5.56. The molecule has 1 saturated heterocycles. The van der Waals surface area contributed by atoms with Crippen molar-refractivity contribution in [3.05, 3.63) is 29.8 Å². The predicted octanol–water partition coefficient (Wildman–Crippen LogP) is 2.21. The predicted molar refractivity (Wildman–Crippen MR) is 82.4 cm³/mol. The lowest BCUT2D eigenvalue weighted by atomic mass is 10.1. The molecular formula is C16H25N3O. The van der Waals surface area contributed by atoms with Crippen LogP contribution in [0.3, 0.4) is 0 Å². The molecule has 0 aromatic heterocycles. The fraction of sp³-hybridized carbons (Fsp3) is 0.562. The molecule has 1 aliphatic heterocycles. The summed E-state index contributed by atoms with van der Waals surface area (Å²) in [5, 5.41) is 2.96. The number of carbonyl (C=O) groups is 1. The molecule has 4 heteroatoms. The first-order valence-electron chi connectivity index (χ1n) is 7.53.